The molecule has 0 aliphatic heterocycles. The summed E-state index contributed by atoms with van der Waals surface area (Å²) in [7, 11) is 0. The third-order valence-corrected chi connectivity index (χ3v) is 2.45. The number of aromatic nitrogens is 2. The fourth-order valence-corrected chi connectivity index (χ4v) is 1.69. The minimum Gasteiger partial charge on any atom is -0.392 e. The standard InChI is InChI=1S/C12H10F4N2O/c13-11-2-8(6-19)1-9(3-11)10-4-17-18(5-10)7-12(14,15)16/h1-5,19H,6-7H2. The minimum atomic E-state index is -4.36. The molecule has 0 fully saturated rings. The van der Waals surface area contributed by atoms with Crippen LogP contribution in [0.4, 0.5) is 17.6 Å². The largest absolute Gasteiger partial charge is 0.408 e. The minimum absolute atomic E-state index is 0.346. The van der Waals surface area contributed by atoms with Crippen LogP contribution in [0.15, 0.2) is 30.6 Å². The smallest absolute Gasteiger partial charge is 0.392 e. The number of alkyl halides is 3. The van der Waals surface area contributed by atoms with Crippen molar-refractivity contribution >= 4 is 0 Å². The first-order chi connectivity index (χ1) is 8.87. The molecular weight excluding hydrogens is 264 g/mol. The Labute approximate surface area is 106 Å². The van der Waals surface area contributed by atoms with Gasteiger partial charge in [-0.2, -0.15) is 18.3 Å². The molecule has 7 heteroatoms. The van der Waals surface area contributed by atoms with Crippen LogP contribution in [0.25, 0.3) is 11.1 Å². The molecule has 0 aliphatic carbocycles. The number of halogens is 4. The molecule has 3 nitrogen and oxygen atoms in total. The number of rotatable bonds is 3. The molecule has 0 aliphatic rings. The maximum atomic E-state index is 13.3. The quantitative estimate of drug-likeness (QED) is 0.874. The SMILES string of the molecule is OCc1cc(F)cc(-c2cnn(CC(F)(F)F)c2)c1. The summed E-state index contributed by atoms with van der Waals surface area (Å²) in [5.74, 6) is -0.565. The van der Waals surface area contributed by atoms with Crippen LogP contribution in [0.2, 0.25) is 0 Å². The lowest BCUT2D eigenvalue weighted by molar-refractivity contribution is -0.142. The van der Waals surface area contributed by atoms with Crippen molar-refractivity contribution in [3.63, 3.8) is 0 Å². The van der Waals surface area contributed by atoms with Gasteiger partial charge in [0.15, 0.2) is 0 Å². The monoisotopic (exact) mass is 274 g/mol. The lowest BCUT2D eigenvalue weighted by Gasteiger charge is -2.05. The molecule has 0 spiro atoms. The van der Waals surface area contributed by atoms with E-state index >= 15 is 0 Å². The molecule has 1 heterocycles. The van der Waals surface area contributed by atoms with Crippen molar-refractivity contribution in [1.29, 1.82) is 0 Å². The van der Waals surface area contributed by atoms with Crippen LogP contribution < -0.4 is 0 Å². The van der Waals surface area contributed by atoms with Gasteiger partial charge >= 0.3 is 6.18 Å². The van der Waals surface area contributed by atoms with E-state index in [1.54, 1.807) is 0 Å². The van der Waals surface area contributed by atoms with Crippen LogP contribution >= 0.6 is 0 Å². The molecule has 0 atom stereocenters. The van der Waals surface area contributed by atoms with E-state index in [2.05, 4.69) is 5.10 Å². The molecule has 102 valence electrons. The van der Waals surface area contributed by atoms with E-state index in [0.29, 0.717) is 16.7 Å². The third kappa shape index (κ3) is 3.54. The van der Waals surface area contributed by atoms with Gasteiger partial charge in [0.1, 0.15) is 12.4 Å². The van der Waals surface area contributed by atoms with Crippen molar-refractivity contribution in [3.8, 4) is 11.1 Å². The molecular formula is C12H10F4N2O. The third-order valence-electron chi connectivity index (χ3n) is 2.45. The van der Waals surface area contributed by atoms with E-state index in [4.69, 9.17) is 5.11 Å². The average Bonchev–Trinajstić information content (AvgIpc) is 2.74. The summed E-state index contributed by atoms with van der Waals surface area (Å²) < 4.78 is 50.5. The van der Waals surface area contributed by atoms with Gasteiger partial charge in [0.05, 0.1) is 12.8 Å². The van der Waals surface area contributed by atoms with Gasteiger partial charge in [0.2, 0.25) is 0 Å². The second kappa shape index (κ2) is 5.00. The normalized spacial score (nSPS) is 11.8. The summed E-state index contributed by atoms with van der Waals surface area (Å²) in [6.07, 6.45) is -1.95. The first kappa shape index (κ1) is 13.5. The Balaban J connectivity index is 2.30. The number of hydrogen-bond donors (Lipinski definition) is 1. The molecule has 0 radical (unpaired) electrons. The Hall–Kier alpha value is -1.89. The van der Waals surface area contributed by atoms with E-state index in [-0.39, 0.29) is 6.61 Å². The van der Waals surface area contributed by atoms with E-state index in [1.165, 1.54) is 24.5 Å². The zero-order valence-electron chi connectivity index (χ0n) is 9.65. The first-order valence-electron chi connectivity index (χ1n) is 5.37. The second-order valence-corrected chi connectivity index (χ2v) is 4.05. The van der Waals surface area contributed by atoms with Gasteiger partial charge in [-0.05, 0) is 29.3 Å². The Morgan fingerprint density at radius 1 is 1.16 bits per heavy atom. The molecule has 2 aromatic rings. The van der Waals surface area contributed by atoms with Gasteiger partial charge in [-0.1, -0.05) is 0 Å². The summed E-state index contributed by atoms with van der Waals surface area (Å²) in [5, 5.41) is 12.5. The van der Waals surface area contributed by atoms with Crippen molar-refractivity contribution in [3.05, 3.63) is 42.0 Å². The molecule has 0 amide bonds. The van der Waals surface area contributed by atoms with Crippen LogP contribution in [0, 0.1) is 5.82 Å². The van der Waals surface area contributed by atoms with Crippen molar-refractivity contribution < 1.29 is 22.7 Å². The van der Waals surface area contributed by atoms with Gasteiger partial charge in [0, 0.05) is 11.8 Å². The molecule has 0 saturated heterocycles. The maximum absolute atomic E-state index is 13.3. The van der Waals surface area contributed by atoms with Gasteiger partial charge < -0.3 is 5.11 Å². The highest BCUT2D eigenvalue weighted by Crippen LogP contribution is 2.23. The summed E-state index contributed by atoms with van der Waals surface area (Å²) >= 11 is 0. The van der Waals surface area contributed by atoms with Crippen molar-refractivity contribution in [2.24, 2.45) is 0 Å². The Morgan fingerprint density at radius 2 is 1.89 bits per heavy atom. The van der Waals surface area contributed by atoms with Gasteiger partial charge in [-0.3, -0.25) is 4.68 Å². The number of benzene rings is 1. The Morgan fingerprint density at radius 3 is 2.53 bits per heavy atom. The molecule has 0 saturated carbocycles. The van der Waals surface area contributed by atoms with E-state index < -0.39 is 18.5 Å². The highest BCUT2D eigenvalue weighted by molar-refractivity contribution is 5.62. The molecule has 2 rings (SSSR count). The molecule has 19 heavy (non-hydrogen) atoms. The maximum Gasteiger partial charge on any atom is 0.408 e. The Kier molecular flexibility index (Phi) is 3.57. The topological polar surface area (TPSA) is 38.1 Å². The molecule has 1 N–H and O–H groups in total. The number of hydrogen-bond acceptors (Lipinski definition) is 2. The molecule has 0 bridgehead atoms. The average molecular weight is 274 g/mol. The number of nitrogens with zero attached hydrogens (tertiary/aromatic N) is 2. The highest BCUT2D eigenvalue weighted by atomic mass is 19.4. The van der Waals surface area contributed by atoms with Crippen LogP contribution in [0.5, 0.6) is 0 Å². The first-order valence-corrected chi connectivity index (χ1v) is 5.37. The fraction of sp³-hybridized carbons (Fsp3) is 0.250. The van der Waals surface area contributed by atoms with Crippen LogP contribution in [-0.2, 0) is 13.2 Å². The molecule has 1 aromatic heterocycles. The summed E-state index contributed by atoms with van der Waals surface area (Å²) in [4.78, 5) is 0. The van der Waals surface area contributed by atoms with Crippen LogP contribution in [0.1, 0.15) is 5.56 Å². The van der Waals surface area contributed by atoms with Gasteiger partial charge in [-0.25, -0.2) is 4.39 Å². The predicted octanol–water partition coefficient (Wildman–Crippen LogP) is 2.74. The summed E-state index contributed by atoms with van der Waals surface area (Å²) in [6, 6.07) is 3.83. The van der Waals surface area contributed by atoms with Crippen molar-refractivity contribution in [2.45, 2.75) is 19.3 Å². The molecule has 1 aromatic carbocycles. The van der Waals surface area contributed by atoms with Crippen LogP contribution in [0.3, 0.4) is 0 Å². The van der Waals surface area contributed by atoms with E-state index in [1.807, 2.05) is 0 Å². The number of aliphatic hydroxyl groups excluding tert-OH is 1. The fourth-order valence-electron chi connectivity index (χ4n) is 1.69. The van der Waals surface area contributed by atoms with E-state index in [0.717, 1.165) is 10.7 Å². The summed E-state index contributed by atoms with van der Waals surface area (Å²) in [6.45, 7) is -1.55. The van der Waals surface area contributed by atoms with E-state index in [9.17, 15) is 17.6 Å². The van der Waals surface area contributed by atoms with Crippen molar-refractivity contribution in [2.75, 3.05) is 0 Å². The Bertz CT molecular complexity index is 577. The summed E-state index contributed by atoms with van der Waals surface area (Å²) in [5.41, 5.74) is 1.08. The highest BCUT2D eigenvalue weighted by Gasteiger charge is 2.28. The van der Waals surface area contributed by atoms with Crippen molar-refractivity contribution in [1.82, 2.24) is 9.78 Å². The zero-order valence-corrected chi connectivity index (χ0v) is 9.65. The van der Waals surface area contributed by atoms with Gasteiger partial charge in [-0.15, -0.1) is 0 Å². The predicted molar refractivity (Wildman–Crippen MR) is 59.6 cm³/mol. The number of aliphatic hydroxyl groups is 1. The van der Waals surface area contributed by atoms with Crippen LogP contribution in [-0.4, -0.2) is 21.1 Å². The second-order valence-electron chi connectivity index (χ2n) is 4.05. The lowest BCUT2D eigenvalue weighted by atomic mass is 10.1. The zero-order chi connectivity index (χ0) is 14.0. The lowest BCUT2D eigenvalue weighted by Crippen LogP contribution is -2.17. The molecule has 0 unspecified atom stereocenters. The van der Waals surface area contributed by atoms with Gasteiger partial charge in [0.25, 0.3) is 0 Å².